The molecule has 1 amide bonds. The molecule has 22 heavy (non-hydrogen) atoms. The number of nitrogen functional groups attached to an aromatic ring is 1. The van der Waals surface area contributed by atoms with Gasteiger partial charge in [-0.2, -0.15) is 0 Å². The molecule has 0 aliphatic carbocycles. The molecule has 2 aromatic rings. The maximum atomic E-state index is 11.7. The van der Waals surface area contributed by atoms with E-state index in [1.807, 2.05) is 24.3 Å². The van der Waals surface area contributed by atoms with Gasteiger partial charge in [-0.05, 0) is 36.8 Å². The number of amides is 1. The summed E-state index contributed by atoms with van der Waals surface area (Å²) < 4.78 is 5.62. The van der Waals surface area contributed by atoms with Gasteiger partial charge in [-0.25, -0.2) is 9.97 Å². The summed E-state index contributed by atoms with van der Waals surface area (Å²) in [5, 5.41) is 2.52. The van der Waals surface area contributed by atoms with Crippen LogP contribution in [0.25, 0.3) is 11.3 Å². The molecule has 0 atom stereocenters. The summed E-state index contributed by atoms with van der Waals surface area (Å²) in [6.07, 6.45) is 2.13. The van der Waals surface area contributed by atoms with Gasteiger partial charge in [0.1, 0.15) is 11.4 Å². The van der Waals surface area contributed by atoms with Crippen LogP contribution in [0.15, 0.2) is 30.3 Å². The molecule has 1 heterocycles. The number of nitrogens with two attached hydrogens (primary N) is 1. The van der Waals surface area contributed by atoms with Gasteiger partial charge in [0.2, 0.25) is 5.95 Å². The zero-order chi connectivity index (χ0) is 15.9. The maximum Gasteiger partial charge on any atom is 0.269 e. The predicted octanol–water partition coefficient (Wildman–Crippen LogP) is 2.26. The summed E-state index contributed by atoms with van der Waals surface area (Å²) in [5.41, 5.74) is 7.37. The van der Waals surface area contributed by atoms with Crippen molar-refractivity contribution in [3.8, 4) is 17.0 Å². The number of nitrogens with zero attached hydrogens (tertiary/aromatic N) is 2. The molecule has 0 aliphatic rings. The lowest BCUT2D eigenvalue weighted by Crippen LogP contribution is -2.20. The molecule has 0 radical (unpaired) electrons. The SMILES string of the molecule is CCCCOc1ccc(-c2cc(C(=O)NC)nc(N)n2)cc1. The van der Waals surface area contributed by atoms with Crippen LogP contribution in [0.4, 0.5) is 5.95 Å². The van der Waals surface area contributed by atoms with Crippen LogP contribution in [0.2, 0.25) is 0 Å². The van der Waals surface area contributed by atoms with Crippen molar-refractivity contribution in [1.82, 2.24) is 15.3 Å². The first-order chi connectivity index (χ1) is 10.6. The molecular formula is C16H20N4O2. The molecule has 6 nitrogen and oxygen atoms in total. The fraction of sp³-hybridized carbons (Fsp3) is 0.312. The standard InChI is InChI=1S/C16H20N4O2/c1-3-4-9-22-12-7-5-11(6-8-12)13-10-14(15(21)18-2)20-16(17)19-13/h5-8,10H,3-4,9H2,1-2H3,(H,18,21)(H2,17,19,20). The molecule has 0 saturated carbocycles. The third kappa shape index (κ3) is 3.94. The van der Waals surface area contributed by atoms with Crippen LogP contribution in [0.5, 0.6) is 5.75 Å². The quantitative estimate of drug-likeness (QED) is 0.799. The van der Waals surface area contributed by atoms with E-state index in [1.54, 1.807) is 13.1 Å². The van der Waals surface area contributed by atoms with Crippen LogP contribution in [0, 0.1) is 0 Å². The van der Waals surface area contributed by atoms with Crippen LogP contribution in [-0.4, -0.2) is 29.5 Å². The summed E-state index contributed by atoms with van der Waals surface area (Å²) in [6.45, 7) is 2.83. The summed E-state index contributed by atoms with van der Waals surface area (Å²) in [7, 11) is 1.54. The number of nitrogens with one attached hydrogen (secondary N) is 1. The molecule has 0 aliphatic heterocycles. The second kappa shape index (κ2) is 7.40. The van der Waals surface area contributed by atoms with Crippen LogP contribution in [-0.2, 0) is 0 Å². The highest BCUT2D eigenvalue weighted by Crippen LogP contribution is 2.22. The Morgan fingerprint density at radius 3 is 2.64 bits per heavy atom. The lowest BCUT2D eigenvalue weighted by atomic mass is 10.1. The Hall–Kier alpha value is -2.63. The minimum Gasteiger partial charge on any atom is -0.494 e. The third-order valence-electron chi connectivity index (χ3n) is 3.12. The third-order valence-corrected chi connectivity index (χ3v) is 3.12. The highest BCUT2D eigenvalue weighted by molar-refractivity contribution is 5.93. The minimum absolute atomic E-state index is 0.0689. The Morgan fingerprint density at radius 2 is 2.00 bits per heavy atom. The molecule has 116 valence electrons. The van der Waals surface area contributed by atoms with Crippen LogP contribution >= 0.6 is 0 Å². The van der Waals surface area contributed by atoms with Crippen LogP contribution in [0.1, 0.15) is 30.3 Å². The van der Waals surface area contributed by atoms with Crippen molar-refractivity contribution in [2.24, 2.45) is 0 Å². The summed E-state index contributed by atoms with van der Waals surface area (Å²) in [4.78, 5) is 19.8. The summed E-state index contributed by atoms with van der Waals surface area (Å²) in [5.74, 6) is 0.583. The minimum atomic E-state index is -0.296. The molecule has 0 saturated heterocycles. The Morgan fingerprint density at radius 1 is 1.27 bits per heavy atom. The van der Waals surface area contributed by atoms with Crippen molar-refractivity contribution in [2.75, 3.05) is 19.4 Å². The average molecular weight is 300 g/mol. The Bertz CT molecular complexity index is 641. The van der Waals surface area contributed by atoms with E-state index in [0.29, 0.717) is 12.3 Å². The largest absolute Gasteiger partial charge is 0.494 e. The van der Waals surface area contributed by atoms with Gasteiger partial charge in [0.05, 0.1) is 12.3 Å². The second-order valence-corrected chi connectivity index (χ2v) is 4.80. The molecule has 1 aromatic heterocycles. The molecular weight excluding hydrogens is 280 g/mol. The van der Waals surface area contributed by atoms with E-state index in [4.69, 9.17) is 10.5 Å². The molecule has 6 heteroatoms. The van der Waals surface area contributed by atoms with Crippen molar-refractivity contribution in [1.29, 1.82) is 0 Å². The van der Waals surface area contributed by atoms with Crippen molar-refractivity contribution < 1.29 is 9.53 Å². The topological polar surface area (TPSA) is 90.1 Å². The number of carbonyl (C=O) groups is 1. The van der Waals surface area contributed by atoms with E-state index in [2.05, 4.69) is 22.2 Å². The van der Waals surface area contributed by atoms with E-state index >= 15 is 0 Å². The normalized spacial score (nSPS) is 10.3. The van der Waals surface area contributed by atoms with Crippen molar-refractivity contribution in [3.63, 3.8) is 0 Å². The van der Waals surface area contributed by atoms with Gasteiger partial charge in [0.25, 0.3) is 5.91 Å². The van der Waals surface area contributed by atoms with E-state index < -0.39 is 0 Å². The van der Waals surface area contributed by atoms with Crippen molar-refractivity contribution in [2.45, 2.75) is 19.8 Å². The smallest absolute Gasteiger partial charge is 0.269 e. The van der Waals surface area contributed by atoms with Gasteiger partial charge >= 0.3 is 0 Å². The first-order valence-corrected chi connectivity index (χ1v) is 7.24. The number of unbranched alkanes of at least 4 members (excludes halogenated alkanes) is 1. The number of anilines is 1. The van der Waals surface area contributed by atoms with E-state index in [1.165, 1.54) is 0 Å². The zero-order valence-electron chi connectivity index (χ0n) is 12.8. The molecule has 1 aromatic carbocycles. The number of hydrogen-bond donors (Lipinski definition) is 2. The maximum absolute atomic E-state index is 11.7. The Balaban J connectivity index is 2.20. The first kappa shape index (κ1) is 15.8. The van der Waals surface area contributed by atoms with Crippen LogP contribution < -0.4 is 15.8 Å². The van der Waals surface area contributed by atoms with Gasteiger partial charge in [-0.1, -0.05) is 13.3 Å². The van der Waals surface area contributed by atoms with E-state index in [0.717, 1.165) is 24.2 Å². The monoisotopic (exact) mass is 300 g/mol. The molecule has 0 bridgehead atoms. The fourth-order valence-corrected chi connectivity index (χ4v) is 1.91. The number of ether oxygens (including phenoxy) is 1. The Kier molecular flexibility index (Phi) is 5.30. The van der Waals surface area contributed by atoms with E-state index in [-0.39, 0.29) is 17.5 Å². The van der Waals surface area contributed by atoms with Crippen molar-refractivity contribution >= 4 is 11.9 Å². The predicted molar refractivity (Wildman–Crippen MR) is 85.7 cm³/mol. The molecule has 0 unspecified atom stereocenters. The summed E-state index contributed by atoms with van der Waals surface area (Å²) >= 11 is 0. The molecule has 3 N–H and O–H groups in total. The van der Waals surface area contributed by atoms with Gasteiger partial charge in [0, 0.05) is 12.6 Å². The number of benzene rings is 1. The number of rotatable bonds is 6. The van der Waals surface area contributed by atoms with Crippen molar-refractivity contribution in [3.05, 3.63) is 36.0 Å². The van der Waals surface area contributed by atoms with Gasteiger partial charge in [0.15, 0.2) is 0 Å². The lowest BCUT2D eigenvalue weighted by molar-refractivity contribution is 0.0958. The molecule has 0 spiro atoms. The number of carbonyl (C=O) groups excluding carboxylic acids is 1. The highest BCUT2D eigenvalue weighted by atomic mass is 16.5. The number of hydrogen-bond acceptors (Lipinski definition) is 5. The highest BCUT2D eigenvalue weighted by Gasteiger charge is 2.10. The fourth-order valence-electron chi connectivity index (χ4n) is 1.91. The Labute approximate surface area is 129 Å². The molecule has 0 fully saturated rings. The van der Waals surface area contributed by atoms with Gasteiger partial charge in [-0.3, -0.25) is 4.79 Å². The summed E-state index contributed by atoms with van der Waals surface area (Å²) in [6, 6.07) is 9.14. The number of aromatic nitrogens is 2. The van der Waals surface area contributed by atoms with E-state index in [9.17, 15) is 4.79 Å². The molecule has 2 rings (SSSR count). The van der Waals surface area contributed by atoms with Crippen LogP contribution in [0.3, 0.4) is 0 Å². The zero-order valence-corrected chi connectivity index (χ0v) is 12.8. The lowest BCUT2D eigenvalue weighted by Gasteiger charge is -2.08. The van der Waals surface area contributed by atoms with Gasteiger partial charge < -0.3 is 15.8 Å². The second-order valence-electron chi connectivity index (χ2n) is 4.80. The first-order valence-electron chi connectivity index (χ1n) is 7.24. The van der Waals surface area contributed by atoms with Gasteiger partial charge in [-0.15, -0.1) is 0 Å². The average Bonchev–Trinajstić information content (AvgIpc) is 2.54.